The Hall–Kier alpha value is -8.12. The number of nitrogens with one attached hydrogen (secondary N) is 2. The first-order valence-electron chi connectivity index (χ1n) is 34.5. The molecule has 4 fully saturated rings. The van der Waals surface area contributed by atoms with Crippen molar-refractivity contribution in [2.24, 2.45) is 0 Å². The molecular formula is C68H42B24N8O4. The largest absolute Gasteiger partial charge is 0.457 e. The van der Waals surface area contributed by atoms with Crippen molar-refractivity contribution in [1.29, 1.82) is 0 Å². The SMILES string of the molecule is [B][11B]C1[11B]([B])C1([11B][B])Cc1ccc(Oc2ccc3c(c2)-c2nc-3nc3[nH]c(nc4nc(nc5[nH]c(n2)c2ccc(Oc6ccc(CC7([11B][B])[11B]([B])C7[11B][B])cc6)cc52)-c2ccc(Oc5ccc(CC6([11B][B])[11B]([B])C6[11B][B])cc5)cc2-4)c2cc(Oc4ccc(CC5([11B][B])[11B]([B])C5[11B][B])cc4)ccc32)cc1. The van der Waals surface area contributed by atoms with E-state index < -0.39 is 20.9 Å². The van der Waals surface area contributed by atoms with Gasteiger partial charge in [0.1, 0.15) is 68.6 Å². The predicted octanol–water partition coefficient (Wildman–Crippen LogP) is 7.31. The van der Waals surface area contributed by atoms with Gasteiger partial charge in [0.25, 0.3) is 0 Å². The Labute approximate surface area is 628 Å². The minimum absolute atomic E-state index is 0.00645. The lowest BCUT2D eigenvalue weighted by atomic mass is 9.38. The van der Waals surface area contributed by atoms with Crippen LogP contribution < -0.4 is 18.9 Å². The highest BCUT2D eigenvalue weighted by Crippen LogP contribution is 2.64. The number of hydrogen-bond donors (Lipinski definition) is 2. The molecule has 36 heteroatoms. The smallest absolute Gasteiger partial charge is 0.164 e. The summed E-state index contributed by atoms with van der Waals surface area (Å²) in [5.41, 5.74) is 8.59. The van der Waals surface area contributed by atoms with Crippen LogP contribution in [0, 0.1) is 0 Å². The van der Waals surface area contributed by atoms with Crippen molar-refractivity contribution in [1.82, 2.24) is 39.9 Å². The molecule has 6 aliphatic rings. The van der Waals surface area contributed by atoms with Gasteiger partial charge in [-0.05, 0) is 169 Å². The molecular weight excluding hydrogens is 1250 g/mol. The molecule has 0 aliphatic carbocycles. The summed E-state index contributed by atoms with van der Waals surface area (Å²) < 4.78 is 26.5. The molecule has 3 aromatic heterocycles. The van der Waals surface area contributed by atoms with E-state index in [9.17, 15) is 0 Å². The van der Waals surface area contributed by atoms with E-state index in [0.717, 1.165) is 33.0 Å². The average molecular weight is 1300 g/mol. The number of nitrogens with zero attached hydrogens (tertiary/aromatic N) is 6. The van der Waals surface area contributed by atoms with Crippen LogP contribution in [0.15, 0.2) is 170 Å². The van der Waals surface area contributed by atoms with Crippen LogP contribution >= 0.6 is 0 Å². The van der Waals surface area contributed by atoms with E-state index in [0.29, 0.717) is 151 Å². The van der Waals surface area contributed by atoms with Crippen molar-refractivity contribution < 1.29 is 18.9 Å². The predicted molar refractivity (Wildman–Crippen MR) is 441 cm³/mol. The topological polar surface area (TPSA) is 146 Å². The van der Waals surface area contributed by atoms with Gasteiger partial charge in [0.05, 0.1) is 55.1 Å². The number of rotatable bonds is 24. The third-order valence-electron chi connectivity index (χ3n) is 22.5. The molecule has 8 aromatic carbocycles. The van der Waals surface area contributed by atoms with Crippen molar-refractivity contribution in [3.8, 4) is 91.5 Å². The van der Waals surface area contributed by atoms with Gasteiger partial charge in [-0.15, -0.1) is 43.7 Å². The zero-order valence-electron chi connectivity index (χ0n) is 56.5. The normalized spacial score (nSPS) is 22.2. The maximum absolute atomic E-state index is 6.64. The Kier molecular flexibility index (Phi) is 17.9. The second kappa shape index (κ2) is 27.0. The number of ether oxygens (including phenoxy) is 4. The molecule has 2 N–H and O–H groups in total. The van der Waals surface area contributed by atoms with Gasteiger partial charge in [-0.25, -0.2) is 29.9 Å². The van der Waals surface area contributed by atoms with Crippen LogP contribution in [0.4, 0.5) is 0 Å². The lowest BCUT2D eigenvalue weighted by Crippen LogP contribution is -2.15. The third kappa shape index (κ3) is 12.0. The van der Waals surface area contributed by atoms with E-state index >= 15 is 0 Å². The molecule has 9 heterocycles. The number of fused-ring (bicyclic) bond motifs is 20. The number of benzene rings is 8. The molecule has 11 aromatic rings. The van der Waals surface area contributed by atoms with Crippen LogP contribution in [-0.2, 0) is 25.7 Å². The van der Waals surface area contributed by atoms with Crippen molar-refractivity contribution in [2.45, 2.75) is 69.4 Å². The van der Waals surface area contributed by atoms with Gasteiger partial charge in [0.2, 0.25) is 0 Å². The molecule has 6 aliphatic heterocycles. The van der Waals surface area contributed by atoms with Crippen LogP contribution in [0.25, 0.3) is 89.7 Å². The first kappa shape index (κ1) is 69.0. The summed E-state index contributed by atoms with van der Waals surface area (Å²) in [7, 11) is 87.5. The lowest BCUT2D eigenvalue weighted by Gasteiger charge is -2.17. The van der Waals surface area contributed by atoms with Crippen molar-refractivity contribution in [2.75, 3.05) is 0 Å². The summed E-state index contributed by atoms with van der Waals surface area (Å²) >= 11 is 0. The Balaban J connectivity index is 0.792. The maximum Gasteiger partial charge on any atom is 0.164 e. The summed E-state index contributed by atoms with van der Waals surface area (Å²) in [6, 6.07) is 54.5. The van der Waals surface area contributed by atoms with Crippen LogP contribution in [0.2, 0.25) is 43.7 Å². The van der Waals surface area contributed by atoms with Gasteiger partial charge in [-0.1, -0.05) is 48.5 Å². The van der Waals surface area contributed by atoms with Gasteiger partial charge >= 0.3 is 0 Å². The third-order valence-corrected chi connectivity index (χ3v) is 22.5. The molecule has 0 spiro atoms. The van der Waals surface area contributed by atoms with Crippen LogP contribution in [0.3, 0.4) is 0 Å². The standard InChI is InChI=1S/C68H42B24N8O4/c69-81-61-65(85-73,89(61)77)29-33-1-9-37(10-2-33)101-41-17-21-45-49(25-41)57-94-53(45)93-54-46-22-18-43(103-39-13-5-35(6-14-39)31-67(87-75)63(83-71)91(67)79)27-51(46)59(95-54)100-60-52-28-44(104-40-15-7-36(8-16-40)32-68(88-76)64(84-72)92(68)80)20-24-48(52)56(99-60)98-58-50-26-42(19-23-47(50)55(96-57)97-58)102-38-11-3-34(4-12-38)30-66(86-74)62(82-70)90(66)78/h1-28,61-64H,29-32H2,(H2,93,94,95,96,97,98,99,100)/i81+0,82+0,83+0,84+0,85+0,86+0,87+0,88+0,89+0,90+0,91+0,92+0. The van der Waals surface area contributed by atoms with Gasteiger partial charge in [0.15, 0.2) is 23.3 Å². The molecule has 8 atom stereocenters. The van der Waals surface area contributed by atoms with Crippen LogP contribution in [-0.4, -0.2) is 216 Å². The zero-order valence-corrected chi connectivity index (χ0v) is 56.5. The first-order chi connectivity index (χ1) is 50.6. The van der Waals surface area contributed by atoms with E-state index in [-0.39, 0.29) is 49.3 Å². The molecule has 4 saturated heterocycles. The quantitative estimate of drug-likeness (QED) is 0.0592. The molecule has 0 saturated carbocycles. The maximum atomic E-state index is 6.64. The average Bonchev–Trinajstić information content (AvgIpc) is 1.58. The van der Waals surface area contributed by atoms with Gasteiger partial charge in [-0.3, -0.25) is 0 Å². The highest BCUT2D eigenvalue weighted by atomic mass is 16.5. The number of hydrogen-bond acceptors (Lipinski definition) is 10. The van der Waals surface area contributed by atoms with E-state index in [4.69, 9.17) is 142 Å². The van der Waals surface area contributed by atoms with E-state index in [1.807, 2.05) is 170 Å². The Morgan fingerprint density at radius 3 is 0.788 bits per heavy atom. The van der Waals surface area contributed by atoms with E-state index in [1.54, 1.807) is 57.4 Å². The molecule has 0 amide bonds. The molecule has 104 heavy (non-hydrogen) atoms. The van der Waals surface area contributed by atoms with E-state index in [2.05, 4.69) is 9.97 Å². The number of H-pyrrole nitrogens is 2. The lowest BCUT2D eigenvalue weighted by molar-refractivity contribution is 0.482. The van der Waals surface area contributed by atoms with Crippen molar-refractivity contribution >= 4 is 221 Å². The first-order valence-corrected chi connectivity index (χ1v) is 34.5. The molecule has 32 radical (unpaired) electrons. The van der Waals surface area contributed by atoms with Crippen LogP contribution in [0.1, 0.15) is 22.3 Å². The summed E-state index contributed by atoms with van der Waals surface area (Å²) in [5, 5.41) is 1.16. The van der Waals surface area contributed by atoms with Crippen molar-refractivity contribution in [3.05, 3.63) is 192 Å². The van der Waals surface area contributed by atoms with Gasteiger partial charge in [0, 0.05) is 165 Å². The molecule has 8 unspecified atom stereocenters. The highest BCUT2D eigenvalue weighted by Gasteiger charge is 2.61. The fourth-order valence-corrected chi connectivity index (χ4v) is 16.0. The summed E-state index contributed by atoms with van der Waals surface area (Å²) in [6.07, 6.45) is 2.52. The molecule has 12 nitrogen and oxygen atoms in total. The second-order valence-corrected chi connectivity index (χ2v) is 28.2. The highest BCUT2D eigenvalue weighted by molar-refractivity contribution is 7.30. The fourth-order valence-electron chi connectivity index (χ4n) is 16.0. The van der Waals surface area contributed by atoms with Crippen molar-refractivity contribution in [3.63, 3.8) is 0 Å². The Bertz CT molecular complexity index is 5370. The minimum Gasteiger partial charge on any atom is -0.457 e. The number of aromatic amines is 2. The summed E-state index contributed by atoms with van der Waals surface area (Å²) in [6.45, 7) is -0.629. The second-order valence-electron chi connectivity index (χ2n) is 28.2. The van der Waals surface area contributed by atoms with Crippen LogP contribution in [0.5, 0.6) is 46.0 Å². The van der Waals surface area contributed by atoms with Gasteiger partial charge in [-0.2, -0.15) is 0 Å². The van der Waals surface area contributed by atoms with Gasteiger partial charge < -0.3 is 28.9 Å². The minimum atomic E-state index is -0.412. The zero-order chi connectivity index (χ0) is 71.6. The monoisotopic (exact) mass is 1300 g/mol. The summed E-state index contributed by atoms with van der Waals surface area (Å²) in [5.74, 6) is 6.01. The Morgan fingerprint density at radius 2 is 0.529 bits per heavy atom. The molecule has 450 valence electrons. The molecule has 8 bridgehead atoms. The fraction of sp³-hybridized carbons (Fsp3) is 0.176. The van der Waals surface area contributed by atoms with E-state index in [1.165, 1.54) is 0 Å². The molecule has 17 rings (SSSR count). The Morgan fingerprint density at radius 1 is 0.288 bits per heavy atom. The summed E-state index contributed by atoms with van der Waals surface area (Å²) in [4.78, 5) is 39.2. The number of aromatic nitrogens is 8.